The second kappa shape index (κ2) is 7.98. The average molecular weight is 439 g/mol. The number of methoxy groups -OCH3 is 1. The topological polar surface area (TPSA) is 66.8 Å². The normalized spacial score (nSPS) is 13.8. The molecule has 0 unspecified atom stereocenters. The van der Waals surface area contributed by atoms with Gasteiger partial charge in [0.05, 0.1) is 18.2 Å². The first-order chi connectivity index (χ1) is 16.0. The number of benzene rings is 3. The summed E-state index contributed by atoms with van der Waals surface area (Å²) in [6.45, 7) is 1.77. The number of aromatic nitrogens is 1. The van der Waals surface area contributed by atoms with E-state index in [1.54, 1.807) is 49.4 Å². The number of Topliss-reactive ketones (excluding diaryl/α,β-unsaturated/α-hetero) is 1. The molecule has 6 nitrogen and oxygen atoms in total. The molecule has 1 aliphatic heterocycles. The Balaban J connectivity index is 1.45. The largest absolute Gasteiger partial charge is 0.497 e. The van der Waals surface area contributed by atoms with Crippen molar-refractivity contribution in [3.05, 3.63) is 94.9 Å². The quantitative estimate of drug-likeness (QED) is 0.244. The summed E-state index contributed by atoms with van der Waals surface area (Å²) in [6, 6.07) is 17.9. The number of carbonyl (C=O) groups excluding carboxylic acids is 2. The lowest BCUT2D eigenvalue weighted by Crippen LogP contribution is -2.09. The summed E-state index contributed by atoms with van der Waals surface area (Å²) in [5.74, 6) is 0.815. The summed E-state index contributed by atoms with van der Waals surface area (Å²) in [7, 11) is 3.50. The Kier molecular flexibility index (Phi) is 4.98. The van der Waals surface area contributed by atoms with E-state index < -0.39 is 5.97 Å². The van der Waals surface area contributed by atoms with E-state index in [0.29, 0.717) is 33.9 Å². The summed E-state index contributed by atoms with van der Waals surface area (Å²) in [5, 5.41) is 1.03. The number of nitrogens with zero attached hydrogens (tertiary/aromatic N) is 1. The van der Waals surface area contributed by atoms with Crippen LogP contribution in [0.2, 0.25) is 0 Å². The number of rotatable bonds is 4. The lowest BCUT2D eigenvalue weighted by Gasteiger charge is -2.10. The van der Waals surface area contributed by atoms with Gasteiger partial charge >= 0.3 is 5.97 Å². The minimum absolute atomic E-state index is 0.202. The van der Waals surface area contributed by atoms with Crippen molar-refractivity contribution in [3.8, 4) is 17.2 Å². The number of hydrogen-bond acceptors (Lipinski definition) is 5. The highest BCUT2D eigenvalue weighted by Crippen LogP contribution is 2.40. The fourth-order valence-corrected chi connectivity index (χ4v) is 4.02. The first-order valence-corrected chi connectivity index (χ1v) is 10.4. The number of hydrogen-bond donors (Lipinski definition) is 0. The van der Waals surface area contributed by atoms with Crippen LogP contribution in [0.1, 0.15) is 31.8 Å². The maximum absolute atomic E-state index is 13.0. The maximum atomic E-state index is 13.0. The molecule has 4 aromatic rings. The highest BCUT2D eigenvalue weighted by Gasteiger charge is 2.31. The summed E-state index contributed by atoms with van der Waals surface area (Å²) in [5.41, 5.74) is 3.35. The van der Waals surface area contributed by atoms with Crippen molar-refractivity contribution in [2.45, 2.75) is 6.92 Å². The molecule has 0 spiro atoms. The van der Waals surface area contributed by atoms with Gasteiger partial charge in [-0.25, -0.2) is 4.79 Å². The highest BCUT2D eigenvalue weighted by molar-refractivity contribution is 6.15. The molecule has 0 saturated carbocycles. The molecule has 3 aromatic carbocycles. The van der Waals surface area contributed by atoms with Gasteiger partial charge in [0.1, 0.15) is 17.2 Å². The van der Waals surface area contributed by atoms with Gasteiger partial charge in [0.15, 0.2) is 5.76 Å². The smallest absolute Gasteiger partial charge is 0.343 e. The molecule has 0 aliphatic carbocycles. The molecular formula is C27H21NO5. The number of carbonyl (C=O) groups is 2. The second-order valence-corrected chi connectivity index (χ2v) is 7.84. The number of aryl methyl sites for hydroxylation is 1. The Bertz CT molecular complexity index is 1460. The second-order valence-electron chi connectivity index (χ2n) is 7.84. The highest BCUT2D eigenvalue weighted by atomic mass is 16.5. The van der Waals surface area contributed by atoms with Crippen LogP contribution in [0.3, 0.4) is 0 Å². The third kappa shape index (κ3) is 3.55. The van der Waals surface area contributed by atoms with Crippen LogP contribution in [0.5, 0.6) is 17.2 Å². The molecule has 1 aliphatic rings. The van der Waals surface area contributed by atoms with Crippen LogP contribution in [0.15, 0.2) is 72.6 Å². The lowest BCUT2D eigenvalue weighted by atomic mass is 10.1. The van der Waals surface area contributed by atoms with Crippen molar-refractivity contribution >= 4 is 28.7 Å². The van der Waals surface area contributed by atoms with E-state index in [0.717, 1.165) is 16.5 Å². The molecule has 2 heterocycles. The van der Waals surface area contributed by atoms with Crippen LogP contribution < -0.4 is 14.2 Å². The van der Waals surface area contributed by atoms with Crippen molar-refractivity contribution < 1.29 is 23.8 Å². The van der Waals surface area contributed by atoms with E-state index in [1.165, 1.54) is 7.11 Å². The first kappa shape index (κ1) is 20.6. The van der Waals surface area contributed by atoms with Crippen molar-refractivity contribution in [3.63, 3.8) is 0 Å². The van der Waals surface area contributed by atoms with E-state index in [9.17, 15) is 9.59 Å². The van der Waals surface area contributed by atoms with Crippen LogP contribution in [-0.4, -0.2) is 23.4 Å². The van der Waals surface area contributed by atoms with Gasteiger partial charge in [-0.1, -0.05) is 24.3 Å². The van der Waals surface area contributed by atoms with Gasteiger partial charge in [-0.2, -0.15) is 0 Å². The molecule has 6 heteroatoms. The van der Waals surface area contributed by atoms with E-state index in [2.05, 4.69) is 0 Å². The van der Waals surface area contributed by atoms with Crippen molar-refractivity contribution in [2.24, 2.45) is 7.05 Å². The van der Waals surface area contributed by atoms with E-state index in [-0.39, 0.29) is 11.5 Å². The molecule has 0 bridgehead atoms. The molecule has 0 saturated heterocycles. The zero-order chi connectivity index (χ0) is 23.1. The van der Waals surface area contributed by atoms with Gasteiger partial charge < -0.3 is 18.8 Å². The zero-order valence-electron chi connectivity index (χ0n) is 18.4. The summed E-state index contributed by atoms with van der Waals surface area (Å²) >= 11 is 0. The van der Waals surface area contributed by atoms with Gasteiger partial charge in [0.2, 0.25) is 5.78 Å². The summed E-state index contributed by atoms with van der Waals surface area (Å²) < 4.78 is 18.7. The number of fused-ring (bicyclic) bond motifs is 2. The van der Waals surface area contributed by atoms with Crippen LogP contribution in [0.4, 0.5) is 0 Å². The Morgan fingerprint density at radius 3 is 2.70 bits per heavy atom. The number of ether oxygens (including phenoxy) is 3. The number of ketones is 1. The molecule has 0 amide bonds. The third-order valence-corrected chi connectivity index (χ3v) is 5.76. The number of allylic oxidation sites excluding steroid dienone is 1. The van der Waals surface area contributed by atoms with Gasteiger partial charge in [0.25, 0.3) is 0 Å². The fourth-order valence-electron chi connectivity index (χ4n) is 4.02. The van der Waals surface area contributed by atoms with E-state index in [4.69, 9.17) is 14.2 Å². The monoisotopic (exact) mass is 439 g/mol. The molecule has 33 heavy (non-hydrogen) atoms. The van der Waals surface area contributed by atoms with Crippen LogP contribution in [0.25, 0.3) is 17.0 Å². The third-order valence-electron chi connectivity index (χ3n) is 5.76. The molecule has 0 radical (unpaired) electrons. The van der Waals surface area contributed by atoms with Gasteiger partial charge in [-0.05, 0) is 49.4 Å². The van der Waals surface area contributed by atoms with Gasteiger partial charge in [0, 0.05) is 35.3 Å². The van der Waals surface area contributed by atoms with Crippen molar-refractivity contribution in [1.82, 2.24) is 4.57 Å². The molecule has 0 N–H and O–H groups in total. The minimum Gasteiger partial charge on any atom is -0.497 e. The van der Waals surface area contributed by atoms with Crippen molar-refractivity contribution in [1.29, 1.82) is 0 Å². The predicted octanol–water partition coefficient (Wildman–Crippen LogP) is 5.33. The Morgan fingerprint density at radius 2 is 1.88 bits per heavy atom. The zero-order valence-corrected chi connectivity index (χ0v) is 18.4. The van der Waals surface area contributed by atoms with E-state index in [1.807, 2.05) is 42.1 Å². The van der Waals surface area contributed by atoms with Gasteiger partial charge in [-0.3, -0.25) is 4.79 Å². The molecule has 5 rings (SSSR count). The van der Waals surface area contributed by atoms with Crippen molar-refractivity contribution in [2.75, 3.05) is 7.11 Å². The standard InChI is InChI=1S/C27H21NO5/c1-16-23(33-27(30)17-7-6-8-19(13-17)31-3)12-11-21-25(29)24(32-26(16)21)14-18-15-28(2)22-10-5-4-9-20(18)22/h4-15H,1-3H3. The summed E-state index contributed by atoms with van der Waals surface area (Å²) in [4.78, 5) is 25.6. The molecule has 164 valence electrons. The van der Waals surface area contributed by atoms with Crippen LogP contribution >= 0.6 is 0 Å². The lowest BCUT2D eigenvalue weighted by molar-refractivity contribution is 0.0732. The summed E-state index contributed by atoms with van der Waals surface area (Å²) in [6.07, 6.45) is 3.72. The Labute approximate surface area is 190 Å². The Hall–Kier alpha value is -4.32. The van der Waals surface area contributed by atoms with Crippen LogP contribution in [0, 0.1) is 6.92 Å². The van der Waals surface area contributed by atoms with Crippen LogP contribution in [-0.2, 0) is 7.05 Å². The average Bonchev–Trinajstić information content (AvgIpc) is 3.33. The van der Waals surface area contributed by atoms with Gasteiger partial charge in [-0.15, -0.1) is 0 Å². The first-order valence-electron chi connectivity index (χ1n) is 10.4. The Morgan fingerprint density at radius 1 is 1.06 bits per heavy atom. The van der Waals surface area contributed by atoms with E-state index >= 15 is 0 Å². The molecule has 0 fully saturated rings. The molecule has 1 aromatic heterocycles. The SMILES string of the molecule is COc1cccc(C(=O)Oc2ccc3c(c2C)OC(=Cc2cn(C)c4ccccc24)C3=O)c1. The predicted molar refractivity (Wildman–Crippen MR) is 125 cm³/mol. The molecule has 0 atom stereocenters. The minimum atomic E-state index is -0.521. The molecular weight excluding hydrogens is 418 g/mol. The fraction of sp³-hybridized carbons (Fsp3) is 0.111. The number of esters is 1. The number of para-hydroxylation sites is 1. The maximum Gasteiger partial charge on any atom is 0.343 e.